The van der Waals surface area contributed by atoms with E-state index in [1.807, 2.05) is 13.8 Å². The van der Waals surface area contributed by atoms with Crippen LogP contribution in [0.15, 0.2) is 54.1 Å². The molecule has 1 fully saturated rings. The summed E-state index contributed by atoms with van der Waals surface area (Å²) in [4.78, 5) is 28.9. The lowest BCUT2D eigenvalue weighted by Crippen LogP contribution is -3.12. The van der Waals surface area contributed by atoms with Crippen molar-refractivity contribution >= 4 is 17.4 Å². The maximum Gasteiger partial charge on any atom is 0.295 e. The van der Waals surface area contributed by atoms with Crippen molar-refractivity contribution in [1.82, 2.24) is 4.90 Å². The first-order valence-corrected chi connectivity index (χ1v) is 11.9. The zero-order valence-electron chi connectivity index (χ0n) is 20.3. The second-order valence-electron chi connectivity index (χ2n) is 9.00. The van der Waals surface area contributed by atoms with E-state index in [4.69, 9.17) is 4.74 Å². The fourth-order valence-electron chi connectivity index (χ4n) is 4.11. The van der Waals surface area contributed by atoms with Crippen molar-refractivity contribution < 1.29 is 29.4 Å². The van der Waals surface area contributed by atoms with Gasteiger partial charge in [0.15, 0.2) is 0 Å². The van der Waals surface area contributed by atoms with Crippen LogP contribution in [0.25, 0.3) is 5.76 Å². The fraction of sp³-hybridized carbons (Fsp3) is 0.407. The van der Waals surface area contributed by atoms with E-state index in [2.05, 4.69) is 13.8 Å². The average molecular weight is 467 g/mol. The number of likely N-dealkylation sites (tertiary alicyclic amines) is 1. The topological polar surface area (TPSA) is 94.3 Å². The minimum Gasteiger partial charge on any atom is -0.872 e. The molecule has 1 atom stereocenters. The van der Waals surface area contributed by atoms with Crippen molar-refractivity contribution in [2.75, 3.05) is 32.8 Å². The van der Waals surface area contributed by atoms with Crippen molar-refractivity contribution in [3.8, 4) is 11.5 Å². The summed E-state index contributed by atoms with van der Waals surface area (Å²) in [6.45, 7) is 11.6. The lowest BCUT2D eigenvalue weighted by molar-refractivity contribution is -0.895. The van der Waals surface area contributed by atoms with Crippen LogP contribution in [0.2, 0.25) is 0 Å². The highest BCUT2D eigenvalue weighted by Gasteiger charge is 2.44. The van der Waals surface area contributed by atoms with Gasteiger partial charge in [-0.3, -0.25) is 9.59 Å². The number of ketones is 1. The van der Waals surface area contributed by atoms with Crippen molar-refractivity contribution in [2.45, 2.75) is 33.7 Å². The quantitative estimate of drug-likeness (QED) is 0.315. The molecule has 7 nitrogen and oxygen atoms in total. The molecule has 34 heavy (non-hydrogen) atoms. The Bertz CT molecular complexity index is 1020. The number of phenols is 1. The minimum atomic E-state index is -0.792. The molecule has 1 aliphatic rings. The Kier molecular flexibility index (Phi) is 8.34. The highest BCUT2D eigenvalue weighted by molar-refractivity contribution is 6.46. The monoisotopic (exact) mass is 466 g/mol. The normalized spacial score (nSPS) is 17.7. The summed E-state index contributed by atoms with van der Waals surface area (Å²) in [6.07, 6.45) is 0. The molecule has 1 saturated heterocycles. The number of quaternary nitrogens is 1. The van der Waals surface area contributed by atoms with Crippen molar-refractivity contribution in [1.29, 1.82) is 0 Å². The van der Waals surface area contributed by atoms with E-state index >= 15 is 0 Å². The van der Waals surface area contributed by atoms with Gasteiger partial charge in [-0.25, -0.2) is 0 Å². The number of aromatic hydroxyl groups is 1. The molecular formula is C27H34N2O5. The Hall–Kier alpha value is -3.32. The molecule has 1 aliphatic heterocycles. The number of benzene rings is 2. The zero-order valence-corrected chi connectivity index (χ0v) is 20.3. The number of nitrogens with one attached hydrogen (secondary N) is 1. The summed E-state index contributed by atoms with van der Waals surface area (Å²) in [5.41, 5.74) is 0.890. The fourth-order valence-corrected chi connectivity index (χ4v) is 4.11. The van der Waals surface area contributed by atoms with Crippen LogP contribution in [0.5, 0.6) is 11.5 Å². The van der Waals surface area contributed by atoms with Crippen molar-refractivity contribution in [2.24, 2.45) is 5.92 Å². The average Bonchev–Trinajstić information content (AvgIpc) is 3.08. The largest absolute Gasteiger partial charge is 0.872 e. The number of ether oxygens (including phenoxy) is 1. The van der Waals surface area contributed by atoms with Crippen LogP contribution < -0.4 is 14.7 Å². The van der Waals surface area contributed by atoms with Crippen molar-refractivity contribution in [3.63, 3.8) is 0 Å². The molecule has 0 spiro atoms. The first kappa shape index (κ1) is 25.3. The van der Waals surface area contributed by atoms with Crippen LogP contribution in [0.4, 0.5) is 0 Å². The van der Waals surface area contributed by atoms with E-state index in [1.54, 1.807) is 36.4 Å². The number of phenolic OH excluding ortho intramolecular Hbond substituents is 1. The summed E-state index contributed by atoms with van der Waals surface area (Å²) in [5, 5.41) is 23.2. The number of likely N-dealkylation sites (N-methyl/N-ethyl adjacent to an activating group) is 1. The van der Waals surface area contributed by atoms with Crippen LogP contribution >= 0.6 is 0 Å². The molecule has 3 rings (SSSR count). The van der Waals surface area contributed by atoms with E-state index in [0.717, 1.165) is 13.1 Å². The van der Waals surface area contributed by atoms with Gasteiger partial charge < -0.3 is 24.7 Å². The first-order chi connectivity index (χ1) is 16.3. The van der Waals surface area contributed by atoms with Gasteiger partial charge in [0.05, 0.1) is 38.8 Å². The van der Waals surface area contributed by atoms with E-state index in [9.17, 15) is 19.8 Å². The van der Waals surface area contributed by atoms with E-state index in [-0.39, 0.29) is 11.3 Å². The molecule has 1 unspecified atom stereocenters. The molecule has 0 radical (unpaired) electrons. The van der Waals surface area contributed by atoms with Gasteiger partial charge in [-0.05, 0) is 55.2 Å². The second kappa shape index (κ2) is 11.2. The van der Waals surface area contributed by atoms with Crippen molar-refractivity contribution in [3.05, 3.63) is 65.2 Å². The molecule has 0 aromatic heterocycles. The maximum absolute atomic E-state index is 13.5. The molecule has 2 N–H and O–H groups in total. The highest BCUT2D eigenvalue weighted by Crippen LogP contribution is 2.38. The summed E-state index contributed by atoms with van der Waals surface area (Å²) in [7, 11) is 0. The number of nitrogens with zero attached hydrogens (tertiary/aromatic N) is 1. The van der Waals surface area contributed by atoms with Crippen LogP contribution in [-0.2, 0) is 9.59 Å². The van der Waals surface area contributed by atoms with Gasteiger partial charge >= 0.3 is 0 Å². The number of carbonyl (C=O) groups is 2. The number of hydrogen-bond donors (Lipinski definition) is 2. The van der Waals surface area contributed by atoms with Crippen LogP contribution in [0, 0.1) is 5.92 Å². The van der Waals surface area contributed by atoms with Gasteiger partial charge in [-0.1, -0.05) is 43.9 Å². The molecule has 2 aromatic carbocycles. The van der Waals surface area contributed by atoms with Crippen LogP contribution in [-0.4, -0.2) is 54.5 Å². The second-order valence-corrected chi connectivity index (χ2v) is 9.00. The predicted octanol–water partition coefficient (Wildman–Crippen LogP) is 1.58. The first-order valence-electron chi connectivity index (χ1n) is 11.9. The number of rotatable bonds is 10. The zero-order chi connectivity index (χ0) is 24.8. The Morgan fingerprint density at radius 1 is 1.06 bits per heavy atom. The van der Waals surface area contributed by atoms with Gasteiger partial charge in [0.1, 0.15) is 11.5 Å². The number of hydrogen-bond acceptors (Lipinski definition) is 5. The van der Waals surface area contributed by atoms with E-state index in [1.165, 1.54) is 21.9 Å². The molecular weight excluding hydrogens is 432 g/mol. The molecule has 1 amide bonds. The smallest absolute Gasteiger partial charge is 0.295 e. The SMILES string of the molecule is CC[NH+](CC)CCN1C(=O)C(=O)C(=C([O-])c2ccc(OCC(C)C)cc2)C1c1ccc(O)cc1. The molecule has 0 aliphatic carbocycles. The summed E-state index contributed by atoms with van der Waals surface area (Å²) in [6, 6.07) is 12.2. The van der Waals surface area contributed by atoms with E-state index < -0.39 is 23.5 Å². The molecule has 182 valence electrons. The van der Waals surface area contributed by atoms with Gasteiger partial charge in [0.2, 0.25) is 5.78 Å². The molecule has 1 heterocycles. The summed E-state index contributed by atoms with van der Waals surface area (Å²) >= 11 is 0. The number of Topliss-reactive ketones (excluding diaryl/α,β-unsaturated/α-hetero) is 1. The highest BCUT2D eigenvalue weighted by atomic mass is 16.5. The Morgan fingerprint density at radius 3 is 2.24 bits per heavy atom. The maximum atomic E-state index is 13.5. The lowest BCUT2D eigenvalue weighted by atomic mass is 9.95. The predicted molar refractivity (Wildman–Crippen MR) is 128 cm³/mol. The lowest BCUT2D eigenvalue weighted by Gasteiger charge is -2.28. The molecule has 0 bridgehead atoms. The minimum absolute atomic E-state index is 0.0546. The molecule has 2 aromatic rings. The van der Waals surface area contributed by atoms with E-state index in [0.29, 0.717) is 42.5 Å². The van der Waals surface area contributed by atoms with Gasteiger partial charge in [-0.15, -0.1) is 0 Å². The van der Waals surface area contributed by atoms with Crippen LogP contribution in [0.3, 0.4) is 0 Å². The molecule has 0 saturated carbocycles. The van der Waals surface area contributed by atoms with Gasteiger partial charge in [0.25, 0.3) is 5.91 Å². The number of amides is 1. The van der Waals surface area contributed by atoms with Crippen LogP contribution in [0.1, 0.15) is 44.9 Å². The van der Waals surface area contributed by atoms with Gasteiger partial charge in [-0.2, -0.15) is 0 Å². The third kappa shape index (κ3) is 5.59. The third-order valence-electron chi connectivity index (χ3n) is 6.14. The standard InChI is InChI=1S/C27H34N2O5/c1-5-28(6-2)15-16-29-24(19-7-11-21(30)12-8-19)23(26(32)27(29)33)25(31)20-9-13-22(14-10-20)34-17-18(3)4/h7-14,18,24,30-31H,5-6,15-17H2,1-4H3. The third-order valence-corrected chi connectivity index (χ3v) is 6.14. The Balaban J connectivity index is 2.00. The summed E-state index contributed by atoms with van der Waals surface area (Å²) < 4.78 is 5.69. The van der Waals surface area contributed by atoms with Gasteiger partial charge in [0, 0.05) is 5.57 Å². The number of carbonyl (C=O) groups excluding carboxylic acids is 2. The summed E-state index contributed by atoms with van der Waals surface area (Å²) in [5.74, 6) is -0.812. The Labute approximate surface area is 201 Å². The Morgan fingerprint density at radius 2 is 1.68 bits per heavy atom. The molecule has 7 heteroatoms.